The second-order valence-corrected chi connectivity index (χ2v) is 29.9. The molecular formula is C75H102F2N10O11. The van der Waals surface area contributed by atoms with Crippen LogP contribution >= 0.6 is 0 Å². The van der Waals surface area contributed by atoms with E-state index in [9.17, 15) is 37.5 Å². The van der Waals surface area contributed by atoms with Crippen LogP contribution in [0.2, 0.25) is 0 Å². The molecule has 3 atom stereocenters. The summed E-state index contributed by atoms with van der Waals surface area (Å²) in [7, 11) is 4.95. The first-order valence-electron chi connectivity index (χ1n) is 36.1. The molecule has 7 amide bonds. The van der Waals surface area contributed by atoms with E-state index in [0.717, 1.165) is 214 Å². The number of rotatable bonds is 7. The summed E-state index contributed by atoms with van der Waals surface area (Å²) < 4.78 is 54.7. The minimum absolute atomic E-state index is 0. The number of hydrogen-bond acceptors (Lipinski definition) is 14. The normalized spacial score (nSPS) is 24.9. The molecule has 12 heterocycles. The van der Waals surface area contributed by atoms with Crippen molar-refractivity contribution in [2.75, 3.05) is 147 Å². The van der Waals surface area contributed by atoms with Gasteiger partial charge in [-0.3, -0.25) is 14.5 Å². The molecule has 15 rings (SSSR count). The molecule has 21 nitrogen and oxygen atoms in total. The first-order valence-corrected chi connectivity index (χ1v) is 36.1. The number of anilines is 3. The summed E-state index contributed by atoms with van der Waals surface area (Å²) in [6.07, 6.45) is 17.4. The third kappa shape index (κ3) is 14.0. The lowest BCUT2D eigenvalue weighted by Gasteiger charge is -2.47. The second kappa shape index (κ2) is 29.1. The number of benzene rings is 3. The average molecular weight is 1360 g/mol. The number of methoxy groups -OCH3 is 1. The van der Waals surface area contributed by atoms with E-state index in [-0.39, 0.29) is 83.6 Å². The molecule has 0 radical (unpaired) electrons. The quantitative estimate of drug-likeness (QED) is 0.159. The van der Waals surface area contributed by atoms with Crippen LogP contribution in [0.5, 0.6) is 0 Å². The Labute approximate surface area is 577 Å². The summed E-state index contributed by atoms with van der Waals surface area (Å²) >= 11 is 0. The lowest BCUT2D eigenvalue weighted by Crippen LogP contribution is -2.56. The fourth-order valence-corrected chi connectivity index (χ4v) is 18.6. The Hall–Kier alpha value is -7.34. The predicted molar refractivity (Wildman–Crippen MR) is 370 cm³/mol. The Balaban J connectivity index is 0.000000141. The molecule has 0 aliphatic carbocycles. The predicted octanol–water partition coefficient (Wildman–Crippen LogP) is 11.1. The third-order valence-electron chi connectivity index (χ3n) is 24.1. The van der Waals surface area contributed by atoms with Crippen LogP contribution in [0.15, 0.2) is 77.6 Å². The van der Waals surface area contributed by atoms with Gasteiger partial charge >= 0.3 is 24.3 Å². The first-order chi connectivity index (χ1) is 47.3. The molecule has 11 aliphatic rings. The van der Waals surface area contributed by atoms with Crippen molar-refractivity contribution in [3.8, 4) is 11.1 Å². The fraction of sp³-hybridized carbons (Fsp3) is 0.627. The van der Waals surface area contributed by atoms with Crippen LogP contribution < -0.4 is 14.7 Å². The Bertz CT molecular complexity index is 3520. The number of halogens is 2. The summed E-state index contributed by atoms with van der Waals surface area (Å²) in [5.41, 5.74) is 7.94. The summed E-state index contributed by atoms with van der Waals surface area (Å²) in [5.74, 6) is 0.252. The zero-order chi connectivity index (χ0) is 68.6. The first kappa shape index (κ1) is 69.2. The molecule has 8 saturated heterocycles. The van der Waals surface area contributed by atoms with E-state index in [1.54, 1.807) is 74.5 Å². The van der Waals surface area contributed by atoms with Crippen LogP contribution in [0.4, 0.5) is 45.0 Å². The number of nitrogens with zero attached hydrogens (tertiary/aromatic N) is 10. The molecule has 3 spiro atoms. The van der Waals surface area contributed by atoms with Crippen molar-refractivity contribution in [1.82, 2.24) is 34.3 Å². The van der Waals surface area contributed by atoms with Crippen LogP contribution in [-0.4, -0.2) is 233 Å². The third-order valence-corrected chi connectivity index (χ3v) is 24.1. The Kier molecular flexibility index (Phi) is 20.5. The molecule has 2 bridgehead atoms. The smallest absolute Gasteiger partial charge is 0.410 e. The topological polar surface area (TPSA) is 185 Å². The van der Waals surface area contributed by atoms with Gasteiger partial charge in [-0.1, -0.05) is 6.07 Å². The number of ether oxygens (including phenoxy) is 4. The SMILES string of the molecule is CCOC(=O)N1CCC(N2CCC3(CC2)CN(C(C)=O)c2ccc(-c4ccoc4)cc23)CC1.CN(C)C(=O)N1CC2(CCN(C3CC4CCC(C3)N4C(=O)O[C@H]3CCOC3)CC2)c2cc(F)ccc21.COC(=O)N1CCC(CN2CCC3(CC2)CN(C(C)=O)c2ccc(F)cc23)CC1.[HH]. The van der Waals surface area contributed by atoms with Crippen molar-refractivity contribution >= 4 is 53.2 Å². The molecule has 98 heavy (non-hydrogen) atoms. The van der Waals surface area contributed by atoms with Crippen molar-refractivity contribution in [3.63, 3.8) is 0 Å². The van der Waals surface area contributed by atoms with E-state index in [0.29, 0.717) is 50.9 Å². The van der Waals surface area contributed by atoms with Crippen molar-refractivity contribution in [3.05, 3.63) is 102 Å². The molecule has 23 heteroatoms. The van der Waals surface area contributed by atoms with Gasteiger partial charge in [0.25, 0.3) is 0 Å². The Morgan fingerprint density at radius 2 is 1.08 bits per heavy atom. The van der Waals surface area contributed by atoms with Crippen molar-refractivity contribution in [2.24, 2.45) is 5.92 Å². The van der Waals surface area contributed by atoms with Gasteiger partial charge in [0.15, 0.2) is 0 Å². The van der Waals surface area contributed by atoms with Crippen LogP contribution in [-0.2, 0) is 44.8 Å². The van der Waals surface area contributed by atoms with E-state index in [1.165, 1.54) is 24.8 Å². The highest BCUT2D eigenvalue weighted by atomic mass is 19.1. The highest BCUT2D eigenvalue weighted by Crippen LogP contribution is 2.52. The van der Waals surface area contributed by atoms with Crippen LogP contribution in [0.1, 0.15) is 135 Å². The molecule has 2 unspecified atom stereocenters. The molecular weight excluding hydrogens is 1250 g/mol. The van der Waals surface area contributed by atoms with Crippen molar-refractivity contribution in [2.45, 2.75) is 164 Å². The molecule has 1 aromatic heterocycles. The summed E-state index contributed by atoms with van der Waals surface area (Å²) in [4.78, 5) is 94.6. The number of carbonyl (C=O) groups excluding carboxylic acids is 6. The van der Waals surface area contributed by atoms with Crippen LogP contribution in [0.3, 0.4) is 0 Å². The van der Waals surface area contributed by atoms with E-state index >= 15 is 0 Å². The van der Waals surface area contributed by atoms with Gasteiger partial charge in [-0.15, -0.1) is 0 Å². The zero-order valence-electron chi connectivity index (χ0n) is 58.2. The monoisotopic (exact) mass is 1360 g/mol. The highest BCUT2D eigenvalue weighted by Gasteiger charge is 2.52. The average Bonchev–Trinajstić information content (AvgIpc) is 1.61. The van der Waals surface area contributed by atoms with E-state index < -0.39 is 0 Å². The molecule has 8 fully saturated rings. The number of hydrogen-bond donors (Lipinski definition) is 0. The molecule has 532 valence electrons. The minimum atomic E-state index is -0.241. The maximum Gasteiger partial charge on any atom is 0.410 e. The van der Waals surface area contributed by atoms with Crippen LogP contribution in [0.25, 0.3) is 11.1 Å². The maximum atomic E-state index is 14.3. The lowest BCUT2D eigenvalue weighted by atomic mass is 9.73. The number of amides is 7. The summed E-state index contributed by atoms with van der Waals surface area (Å²) in [6.45, 7) is 18.6. The van der Waals surface area contributed by atoms with Crippen molar-refractivity contribution in [1.29, 1.82) is 0 Å². The molecule has 0 N–H and O–H groups in total. The zero-order valence-corrected chi connectivity index (χ0v) is 58.2. The Morgan fingerprint density at radius 1 is 0.571 bits per heavy atom. The van der Waals surface area contributed by atoms with E-state index in [4.69, 9.17) is 23.4 Å². The lowest BCUT2D eigenvalue weighted by molar-refractivity contribution is -0.117. The van der Waals surface area contributed by atoms with Gasteiger partial charge in [0.05, 0.1) is 39.5 Å². The Morgan fingerprint density at radius 3 is 1.59 bits per heavy atom. The minimum Gasteiger partial charge on any atom is -0.472 e. The number of carbonyl (C=O) groups is 6. The molecule has 11 aliphatic heterocycles. The van der Waals surface area contributed by atoms with Gasteiger partial charge in [-0.2, -0.15) is 0 Å². The second-order valence-electron chi connectivity index (χ2n) is 29.9. The molecule has 4 aromatic rings. The van der Waals surface area contributed by atoms with Crippen molar-refractivity contribution < 1.29 is 62.3 Å². The van der Waals surface area contributed by atoms with Gasteiger partial charge in [0.1, 0.15) is 17.7 Å². The summed E-state index contributed by atoms with van der Waals surface area (Å²) in [6, 6.07) is 19.5. The van der Waals surface area contributed by atoms with Gasteiger partial charge in [0, 0.05) is 151 Å². The molecule has 3 aromatic carbocycles. The molecule has 0 saturated carbocycles. The van der Waals surface area contributed by atoms with Gasteiger partial charge in [0.2, 0.25) is 11.8 Å². The highest BCUT2D eigenvalue weighted by molar-refractivity contribution is 5.97. The standard InChI is InChI=1S/C27H37FN4O4.C26H33N3O4.C22H30FN3O3.H2/c1-29(2)25(33)31-17-27(23-13-18(28)3-6-24(23)31)8-10-30(11-9-27)21-14-19-4-5-20(15-21)32(19)26(34)36-22-7-12-35-16-22;1-3-33-25(31)28-11-6-22(7-12-28)27-13-9-26(10-14-27)18-29(19(2)30)24-5-4-20(16-23(24)26)21-8-15-32-17-21;1-16(27)26-15-22(19-13-18(23)3-4-20(19)26)7-11-24(12-8-22)14-17-5-9-25(10-6-17)21(28)29-2;/h3,6,13,19-22H,4-5,7-12,14-17H2,1-2H3;4-5,8,15-17,22H,3,6-7,9-14,18H2,1-2H3;3-4,13,17H,5-12,14-15H2,1-2H3;1H/t19?,20?,21?,22-;;;/m0.../s1. The van der Waals surface area contributed by atoms with E-state index in [2.05, 4.69) is 32.9 Å². The largest absolute Gasteiger partial charge is 0.472 e. The number of urea groups is 1. The van der Waals surface area contributed by atoms with Crippen LogP contribution in [0, 0.1) is 17.6 Å². The maximum absolute atomic E-state index is 14.3. The number of furan rings is 1. The number of piperidine rings is 6. The number of likely N-dealkylation sites (tertiary alicyclic amines) is 5. The summed E-state index contributed by atoms with van der Waals surface area (Å²) in [5, 5.41) is 0. The van der Waals surface area contributed by atoms with Gasteiger partial charge in [-0.25, -0.2) is 28.0 Å². The van der Waals surface area contributed by atoms with E-state index in [1.807, 2.05) is 37.5 Å². The number of fused-ring (bicyclic) bond motifs is 8. The van der Waals surface area contributed by atoms with Gasteiger partial charge < -0.3 is 67.5 Å². The fourth-order valence-electron chi connectivity index (χ4n) is 18.6. The van der Waals surface area contributed by atoms with Gasteiger partial charge in [-0.05, 0) is 219 Å².